The summed E-state index contributed by atoms with van der Waals surface area (Å²) < 4.78 is 26.0. The van der Waals surface area contributed by atoms with E-state index >= 15 is 0 Å². The summed E-state index contributed by atoms with van der Waals surface area (Å²) in [7, 11) is -2.74. The first-order chi connectivity index (χ1) is 19.2. The van der Waals surface area contributed by atoms with E-state index in [0.717, 1.165) is 0 Å². The fourth-order valence-electron chi connectivity index (χ4n) is 5.23. The number of amides is 2. The zero-order valence-electron chi connectivity index (χ0n) is 25.2. The quantitative estimate of drug-likeness (QED) is 0.239. The second kappa shape index (κ2) is 13.4. The Bertz CT molecular complexity index is 1230. The van der Waals surface area contributed by atoms with Gasteiger partial charge < -0.3 is 9.16 Å². The van der Waals surface area contributed by atoms with Gasteiger partial charge in [0, 0.05) is 6.61 Å². The number of carbonyl (C=O) groups excluding carboxylic acids is 2. The predicted octanol–water partition coefficient (Wildman–Crippen LogP) is 6.07. The van der Waals surface area contributed by atoms with E-state index in [0.29, 0.717) is 18.6 Å². The van der Waals surface area contributed by atoms with Gasteiger partial charge >= 0.3 is 6.09 Å². The molecule has 41 heavy (non-hydrogen) atoms. The van der Waals surface area contributed by atoms with Gasteiger partial charge in [0.2, 0.25) is 5.91 Å². The van der Waals surface area contributed by atoms with E-state index in [-0.39, 0.29) is 16.8 Å². The van der Waals surface area contributed by atoms with E-state index in [1.807, 2.05) is 43.3 Å². The molecule has 0 aromatic heterocycles. The van der Waals surface area contributed by atoms with Gasteiger partial charge in [-0.1, -0.05) is 100 Å². The van der Waals surface area contributed by atoms with Crippen molar-refractivity contribution in [1.82, 2.24) is 10.9 Å². The van der Waals surface area contributed by atoms with Crippen molar-refractivity contribution in [2.24, 2.45) is 5.92 Å². The van der Waals surface area contributed by atoms with E-state index in [2.05, 4.69) is 55.9 Å². The number of benzene rings is 3. The van der Waals surface area contributed by atoms with Gasteiger partial charge in [0.1, 0.15) is 11.4 Å². The van der Waals surface area contributed by atoms with E-state index in [4.69, 9.17) is 9.16 Å². The molecular formula is C33H43FN2O4Si. The molecule has 6 nitrogen and oxygen atoms in total. The maximum absolute atomic E-state index is 13.7. The number of hydrogen-bond donors (Lipinski definition) is 2. The van der Waals surface area contributed by atoms with Crippen molar-refractivity contribution in [3.63, 3.8) is 0 Å². The van der Waals surface area contributed by atoms with Crippen molar-refractivity contribution in [3.05, 3.63) is 96.3 Å². The molecule has 3 rings (SSSR count). The minimum absolute atomic E-state index is 0.177. The van der Waals surface area contributed by atoms with Crippen LogP contribution in [0.5, 0.6) is 0 Å². The predicted molar refractivity (Wildman–Crippen MR) is 164 cm³/mol. The van der Waals surface area contributed by atoms with Gasteiger partial charge in [0.05, 0.1) is 5.92 Å². The van der Waals surface area contributed by atoms with Crippen LogP contribution in [-0.4, -0.2) is 32.5 Å². The van der Waals surface area contributed by atoms with Gasteiger partial charge in [0.25, 0.3) is 8.32 Å². The van der Waals surface area contributed by atoms with Gasteiger partial charge in [-0.3, -0.25) is 10.2 Å². The average molecular weight is 579 g/mol. The smallest absolute Gasteiger partial charge is 0.426 e. The summed E-state index contributed by atoms with van der Waals surface area (Å²) in [5.74, 6) is -1.66. The molecule has 3 aromatic rings. The van der Waals surface area contributed by atoms with Crippen LogP contribution in [0.2, 0.25) is 5.04 Å². The molecule has 0 spiro atoms. The average Bonchev–Trinajstić information content (AvgIpc) is 2.90. The van der Waals surface area contributed by atoms with E-state index < -0.39 is 31.8 Å². The zero-order chi connectivity index (χ0) is 30.3. The molecule has 2 amide bonds. The largest absolute Gasteiger partial charge is 0.443 e. The molecule has 2 atom stereocenters. The monoisotopic (exact) mass is 578 g/mol. The van der Waals surface area contributed by atoms with Crippen LogP contribution in [-0.2, 0) is 14.0 Å². The van der Waals surface area contributed by atoms with Crippen LogP contribution in [0.15, 0.2) is 84.9 Å². The summed E-state index contributed by atoms with van der Waals surface area (Å²) in [6.07, 6.45) is -0.196. The van der Waals surface area contributed by atoms with Crippen LogP contribution in [0.25, 0.3) is 0 Å². The lowest BCUT2D eigenvalue weighted by molar-refractivity contribution is -0.124. The topological polar surface area (TPSA) is 76.7 Å². The van der Waals surface area contributed by atoms with Crippen LogP contribution in [0.1, 0.15) is 66.4 Å². The Morgan fingerprint density at radius 2 is 1.32 bits per heavy atom. The second-order valence-corrected chi connectivity index (χ2v) is 16.7. The Hall–Kier alpha value is -3.49. The van der Waals surface area contributed by atoms with Gasteiger partial charge in [-0.05, 0) is 66.2 Å². The Balaban J connectivity index is 1.86. The van der Waals surface area contributed by atoms with E-state index in [1.54, 1.807) is 32.9 Å². The highest BCUT2D eigenvalue weighted by molar-refractivity contribution is 6.99. The third-order valence-electron chi connectivity index (χ3n) is 7.08. The standard InChI is InChI=1S/C33H43FN2O4Si/c1-24(29(25-18-20-26(34)21-19-25)30(37)35-36-31(38)40-32(2,3)4)22-23-39-41(33(5,6)7,27-14-10-8-11-15-27)28-16-12-9-13-17-28/h8-21,24,29H,22-23H2,1-7H3,(H,35,37)(H,36,38). The number of halogens is 1. The Morgan fingerprint density at radius 1 is 0.805 bits per heavy atom. The molecule has 0 saturated carbocycles. The molecule has 3 aromatic carbocycles. The number of hydrazine groups is 1. The van der Waals surface area contributed by atoms with Crippen molar-refractivity contribution in [2.45, 2.75) is 71.4 Å². The molecule has 8 heteroatoms. The normalized spacial score (nSPS) is 13.7. The number of nitrogens with one attached hydrogen (secondary N) is 2. The molecule has 0 fully saturated rings. The van der Waals surface area contributed by atoms with Crippen molar-refractivity contribution in [1.29, 1.82) is 0 Å². The van der Waals surface area contributed by atoms with Gasteiger partial charge in [-0.15, -0.1) is 0 Å². The van der Waals surface area contributed by atoms with Gasteiger partial charge in [-0.25, -0.2) is 14.6 Å². The van der Waals surface area contributed by atoms with Crippen molar-refractivity contribution in [2.75, 3.05) is 6.61 Å². The highest BCUT2D eigenvalue weighted by atomic mass is 28.4. The fourth-order valence-corrected chi connectivity index (χ4v) is 9.81. The molecule has 0 bridgehead atoms. The highest BCUT2D eigenvalue weighted by Gasteiger charge is 2.50. The van der Waals surface area contributed by atoms with Gasteiger partial charge in [0.15, 0.2) is 0 Å². The fraction of sp³-hybridized carbons (Fsp3) is 0.394. The number of ether oxygens (including phenoxy) is 1. The lowest BCUT2D eigenvalue weighted by atomic mass is 9.85. The summed E-state index contributed by atoms with van der Waals surface area (Å²) in [4.78, 5) is 25.6. The lowest BCUT2D eigenvalue weighted by Crippen LogP contribution is -2.66. The Labute approximate surface area is 244 Å². The third kappa shape index (κ3) is 8.27. The zero-order valence-corrected chi connectivity index (χ0v) is 26.2. The number of hydrogen-bond acceptors (Lipinski definition) is 4. The van der Waals surface area contributed by atoms with Crippen LogP contribution in [0.4, 0.5) is 9.18 Å². The molecule has 0 heterocycles. The molecule has 2 unspecified atom stereocenters. The molecule has 0 saturated heterocycles. The SMILES string of the molecule is CC(CCO[Si](c1ccccc1)(c1ccccc1)C(C)(C)C)C(C(=O)NNC(=O)OC(C)(C)C)c1ccc(F)cc1. The maximum Gasteiger partial charge on any atom is 0.426 e. The first-order valence-electron chi connectivity index (χ1n) is 14.0. The second-order valence-electron chi connectivity index (χ2n) is 12.4. The van der Waals surface area contributed by atoms with Crippen LogP contribution in [0, 0.1) is 11.7 Å². The Kier molecular flexibility index (Phi) is 10.5. The first-order valence-corrected chi connectivity index (χ1v) is 15.9. The number of rotatable bonds is 9. The lowest BCUT2D eigenvalue weighted by Gasteiger charge is -2.43. The molecule has 0 radical (unpaired) electrons. The minimum Gasteiger partial charge on any atom is -0.443 e. The van der Waals surface area contributed by atoms with Crippen LogP contribution < -0.4 is 21.2 Å². The molecule has 0 aliphatic rings. The number of carbonyl (C=O) groups is 2. The molecule has 0 aliphatic carbocycles. The minimum atomic E-state index is -2.74. The van der Waals surface area contributed by atoms with E-state index in [1.165, 1.54) is 22.5 Å². The third-order valence-corrected chi connectivity index (χ3v) is 12.1. The summed E-state index contributed by atoms with van der Waals surface area (Å²) in [5.41, 5.74) is 4.77. The molecule has 0 aliphatic heterocycles. The summed E-state index contributed by atoms with van der Waals surface area (Å²) in [5, 5.41) is 2.19. The summed E-state index contributed by atoms with van der Waals surface area (Å²) in [6.45, 7) is 14.3. The maximum atomic E-state index is 13.7. The first kappa shape index (κ1) is 32.0. The van der Waals surface area contributed by atoms with Crippen LogP contribution in [0.3, 0.4) is 0 Å². The van der Waals surface area contributed by atoms with Gasteiger partial charge in [-0.2, -0.15) is 0 Å². The van der Waals surface area contributed by atoms with Crippen molar-refractivity contribution >= 4 is 30.7 Å². The summed E-state index contributed by atoms with van der Waals surface area (Å²) >= 11 is 0. The highest BCUT2D eigenvalue weighted by Crippen LogP contribution is 2.37. The van der Waals surface area contributed by atoms with Crippen molar-refractivity contribution < 1.29 is 23.1 Å². The molecular weight excluding hydrogens is 535 g/mol. The summed E-state index contributed by atoms with van der Waals surface area (Å²) in [6, 6.07) is 26.7. The molecule has 220 valence electrons. The van der Waals surface area contributed by atoms with Crippen LogP contribution >= 0.6 is 0 Å². The van der Waals surface area contributed by atoms with E-state index in [9.17, 15) is 14.0 Å². The Morgan fingerprint density at radius 3 is 1.78 bits per heavy atom. The molecule has 2 N–H and O–H groups in total. The van der Waals surface area contributed by atoms with Crippen molar-refractivity contribution in [3.8, 4) is 0 Å².